The second kappa shape index (κ2) is 6.94. The number of hydrogen-bond acceptors (Lipinski definition) is 3. The zero-order chi connectivity index (χ0) is 12.0. The lowest BCUT2D eigenvalue weighted by Crippen LogP contribution is -2.28. The average Bonchev–Trinajstić information content (AvgIpc) is 2.28. The van der Waals surface area contributed by atoms with Gasteiger partial charge >= 0.3 is 0 Å². The average molecular weight is 239 g/mol. The summed E-state index contributed by atoms with van der Waals surface area (Å²) in [4.78, 5) is 1.23. The summed E-state index contributed by atoms with van der Waals surface area (Å²) in [6.07, 6.45) is -0.272. The standard InChI is InChI=1S/C13H21NOS/c1-4-14-8-12(15)9-16-13-6-5-10(2)11(3)7-13/h5-7,12,14-15H,4,8-9H2,1-3H3. The second-order valence-electron chi connectivity index (χ2n) is 4.02. The van der Waals surface area contributed by atoms with E-state index in [4.69, 9.17) is 0 Å². The number of thioether (sulfide) groups is 1. The lowest BCUT2D eigenvalue weighted by atomic mass is 10.1. The summed E-state index contributed by atoms with van der Waals surface area (Å²) in [6.45, 7) is 7.86. The van der Waals surface area contributed by atoms with Gasteiger partial charge in [0, 0.05) is 17.2 Å². The highest BCUT2D eigenvalue weighted by Gasteiger charge is 2.04. The van der Waals surface area contributed by atoms with Crippen molar-refractivity contribution in [3.63, 3.8) is 0 Å². The van der Waals surface area contributed by atoms with E-state index in [2.05, 4.69) is 37.4 Å². The SMILES string of the molecule is CCNCC(O)CSc1ccc(C)c(C)c1. The molecule has 0 aromatic heterocycles. The molecule has 3 heteroatoms. The van der Waals surface area contributed by atoms with Gasteiger partial charge in [-0.05, 0) is 43.7 Å². The van der Waals surface area contributed by atoms with Crippen LogP contribution in [0.3, 0.4) is 0 Å². The van der Waals surface area contributed by atoms with Gasteiger partial charge in [0.2, 0.25) is 0 Å². The smallest absolute Gasteiger partial charge is 0.0758 e. The van der Waals surface area contributed by atoms with E-state index >= 15 is 0 Å². The van der Waals surface area contributed by atoms with Crippen LogP contribution in [0.1, 0.15) is 18.1 Å². The molecule has 1 rings (SSSR count). The summed E-state index contributed by atoms with van der Waals surface area (Å²) >= 11 is 1.71. The molecule has 90 valence electrons. The highest BCUT2D eigenvalue weighted by atomic mass is 32.2. The minimum atomic E-state index is -0.272. The van der Waals surface area contributed by atoms with Crippen molar-refractivity contribution in [1.82, 2.24) is 5.32 Å². The third kappa shape index (κ3) is 4.56. The van der Waals surface area contributed by atoms with Gasteiger partial charge in [-0.3, -0.25) is 0 Å². The van der Waals surface area contributed by atoms with Crippen LogP contribution in [-0.2, 0) is 0 Å². The number of hydrogen-bond donors (Lipinski definition) is 2. The molecule has 1 unspecified atom stereocenters. The van der Waals surface area contributed by atoms with Crippen LogP contribution < -0.4 is 5.32 Å². The zero-order valence-corrected chi connectivity index (χ0v) is 11.1. The molecule has 1 aromatic rings. The first-order chi connectivity index (χ1) is 7.63. The van der Waals surface area contributed by atoms with E-state index in [-0.39, 0.29) is 6.10 Å². The van der Waals surface area contributed by atoms with Gasteiger partial charge in [-0.25, -0.2) is 0 Å². The normalized spacial score (nSPS) is 12.8. The van der Waals surface area contributed by atoms with Crippen molar-refractivity contribution >= 4 is 11.8 Å². The predicted octanol–water partition coefficient (Wildman–Crippen LogP) is 2.37. The minimum absolute atomic E-state index is 0.272. The number of aliphatic hydroxyl groups excluding tert-OH is 1. The molecular weight excluding hydrogens is 218 g/mol. The summed E-state index contributed by atoms with van der Waals surface area (Å²) in [5.74, 6) is 0.746. The van der Waals surface area contributed by atoms with Crippen LogP contribution in [0.15, 0.2) is 23.1 Å². The molecule has 0 fully saturated rings. The monoisotopic (exact) mass is 239 g/mol. The van der Waals surface area contributed by atoms with Crippen molar-refractivity contribution < 1.29 is 5.11 Å². The van der Waals surface area contributed by atoms with E-state index in [9.17, 15) is 5.11 Å². The molecule has 0 radical (unpaired) electrons. The lowest BCUT2D eigenvalue weighted by molar-refractivity contribution is 0.197. The number of benzene rings is 1. The Morgan fingerprint density at radius 3 is 2.69 bits per heavy atom. The number of aliphatic hydroxyl groups is 1. The number of nitrogens with one attached hydrogen (secondary N) is 1. The summed E-state index contributed by atoms with van der Waals surface area (Å²) in [5, 5.41) is 12.8. The number of rotatable bonds is 6. The lowest BCUT2D eigenvalue weighted by Gasteiger charge is -2.11. The first kappa shape index (κ1) is 13.6. The molecule has 0 aliphatic carbocycles. The topological polar surface area (TPSA) is 32.3 Å². The second-order valence-corrected chi connectivity index (χ2v) is 5.11. The third-order valence-electron chi connectivity index (χ3n) is 2.55. The van der Waals surface area contributed by atoms with E-state index < -0.39 is 0 Å². The quantitative estimate of drug-likeness (QED) is 0.748. The third-order valence-corrected chi connectivity index (χ3v) is 3.69. The maximum absolute atomic E-state index is 9.68. The van der Waals surface area contributed by atoms with Crippen LogP contribution in [0.25, 0.3) is 0 Å². The number of likely N-dealkylation sites (N-methyl/N-ethyl adjacent to an activating group) is 1. The van der Waals surface area contributed by atoms with Crippen molar-refractivity contribution in [2.45, 2.75) is 31.8 Å². The van der Waals surface area contributed by atoms with E-state index in [1.54, 1.807) is 11.8 Å². The molecule has 1 aromatic carbocycles. The molecule has 2 nitrogen and oxygen atoms in total. The Hall–Kier alpha value is -0.510. The van der Waals surface area contributed by atoms with Crippen molar-refractivity contribution in [2.24, 2.45) is 0 Å². The molecule has 0 spiro atoms. The van der Waals surface area contributed by atoms with Crippen LogP contribution >= 0.6 is 11.8 Å². The Balaban J connectivity index is 2.39. The molecule has 0 aliphatic heterocycles. The molecule has 2 N–H and O–H groups in total. The highest BCUT2D eigenvalue weighted by Crippen LogP contribution is 2.21. The van der Waals surface area contributed by atoms with Crippen LogP contribution in [0, 0.1) is 13.8 Å². The Kier molecular flexibility index (Phi) is 5.88. The Morgan fingerprint density at radius 2 is 2.06 bits per heavy atom. The summed E-state index contributed by atoms with van der Waals surface area (Å²) < 4.78 is 0. The van der Waals surface area contributed by atoms with Gasteiger partial charge in [0.1, 0.15) is 0 Å². The van der Waals surface area contributed by atoms with Crippen LogP contribution in [0.2, 0.25) is 0 Å². The molecule has 0 saturated heterocycles. The fourth-order valence-corrected chi connectivity index (χ4v) is 2.29. The molecule has 0 aliphatic rings. The van der Waals surface area contributed by atoms with Gasteiger partial charge in [0.15, 0.2) is 0 Å². The number of aryl methyl sites for hydroxylation is 2. The Morgan fingerprint density at radius 1 is 1.31 bits per heavy atom. The molecule has 0 bridgehead atoms. The Labute approximate surface area is 102 Å². The predicted molar refractivity (Wildman–Crippen MR) is 71.2 cm³/mol. The largest absolute Gasteiger partial charge is 0.391 e. The van der Waals surface area contributed by atoms with E-state index in [0.29, 0.717) is 6.54 Å². The summed E-state index contributed by atoms with van der Waals surface area (Å²) in [7, 11) is 0. The molecule has 0 heterocycles. The fourth-order valence-electron chi connectivity index (χ4n) is 1.37. The van der Waals surface area contributed by atoms with E-state index in [0.717, 1.165) is 12.3 Å². The van der Waals surface area contributed by atoms with Gasteiger partial charge in [0.05, 0.1) is 6.10 Å². The molecular formula is C13H21NOS. The van der Waals surface area contributed by atoms with E-state index in [1.807, 2.05) is 6.92 Å². The van der Waals surface area contributed by atoms with Crippen molar-refractivity contribution in [3.8, 4) is 0 Å². The molecule has 0 saturated carbocycles. The van der Waals surface area contributed by atoms with Crippen molar-refractivity contribution in [2.75, 3.05) is 18.8 Å². The van der Waals surface area contributed by atoms with Gasteiger partial charge in [0.25, 0.3) is 0 Å². The van der Waals surface area contributed by atoms with Gasteiger partial charge < -0.3 is 10.4 Å². The first-order valence-corrected chi connectivity index (χ1v) is 6.71. The van der Waals surface area contributed by atoms with Crippen LogP contribution in [0.4, 0.5) is 0 Å². The molecule has 0 amide bonds. The Bertz CT molecular complexity index is 328. The molecule has 1 atom stereocenters. The fraction of sp³-hybridized carbons (Fsp3) is 0.538. The maximum atomic E-state index is 9.68. The van der Waals surface area contributed by atoms with Crippen molar-refractivity contribution in [1.29, 1.82) is 0 Å². The van der Waals surface area contributed by atoms with Gasteiger partial charge in [-0.15, -0.1) is 11.8 Å². The van der Waals surface area contributed by atoms with Crippen molar-refractivity contribution in [3.05, 3.63) is 29.3 Å². The van der Waals surface area contributed by atoms with E-state index in [1.165, 1.54) is 16.0 Å². The van der Waals surface area contributed by atoms with Gasteiger partial charge in [-0.2, -0.15) is 0 Å². The molecule has 16 heavy (non-hydrogen) atoms. The van der Waals surface area contributed by atoms with Gasteiger partial charge in [-0.1, -0.05) is 13.0 Å². The minimum Gasteiger partial charge on any atom is -0.391 e. The highest BCUT2D eigenvalue weighted by molar-refractivity contribution is 7.99. The van der Waals surface area contributed by atoms with Crippen LogP contribution in [0.5, 0.6) is 0 Å². The maximum Gasteiger partial charge on any atom is 0.0758 e. The first-order valence-electron chi connectivity index (χ1n) is 5.72. The zero-order valence-electron chi connectivity index (χ0n) is 10.3. The van der Waals surface area contributed by atoms with Crippen LogP contribution in [-0.4, -0.2) is 30.1 Å². The summed E-state index contributed by atoms with van der Waals surface area (Å²) in [6, 6.07) is 6.43. The summed E-state index contributed by atoms with van der Waals surface area (Å²) in [5.41, 5.74) is 2.63.